The molecule has 4 rings (SSSR count). The van der Waals surface area contributed by atoms with E-state index in [2.05, 4.69) is 0 Å². The second kappa shape index (κ2) is 6.41. The molecular weight excluding hydrogens is 328 g/mol. The van der Waals surface area contributed by atoms with Crippen molar-refractivity contribution < 1.29 is 14.6 Å². The van der Waals surface area contributed by atoms with Gasteiger partial charge in [-0.3, -0.25) is 4.79 Å². The monoisotopic (exact) mass is 344 g/mol. The van der Waals surface area contributed by atoms with Gasteiger partial charge in [0.1, 0.15) is 28.2 Å². The lowest BCUT2D eigenvalue weighted by Crippen LogP contribution is -2.03. The first-order chi connectivity index (χ1) is 12.6. The molecule has 0 aliphatic rings. The average molecular weight is 344 g/mol. The molecule has 0 bridgehead atoms. The summed E-state index contributed by atoms with van der Waals surface area (Å²) in [6.45, 7) is 0. The highest BCUT2D eigenvalue weighted by Gasteiger charge is 2.18. The molecule has 0 fully saturated rings. The molecule has 0 spiro atoms. The Kier molecular flexibility index (Phi) is 3.93. The third-order valence-electron chi connectivity index (χ3n) is 4.36. The number of hydrogen-bond acceptors (Lipinski definition) is 4. The van der Waals surface area contributed by atoms with Gasteiger partial charge in [-0.15, -0.1) is 0 Å². The second-order valence-electron chi connectivity index (χ2n) is 6.10. The minimum Gasteiger partial charge on any atom is -0.507 e. The van der Waals surface area contributed by atoms with Gasteiger partial charge in [0.15, 0.2) is 5.43 Å². The quantitative estimate of drug-likeness (QED) is 0.575. The summed E-state index contributed by atoms with van der Waals surface area (Å²) in [6, 6.07) is 21.4. The molecule has 1 aromatic heterocycles. The Morgan fingerprint density at radius 1 is 0.846 bits per heavy atom. The summed E-state index contributed by atoms with van der Waals surface area (Å²) in [6.07, 6.45) is 0.314. The van der Waals surface area contributed by atoms with E-state index in [1.54, 1.807) is 0 Å². The molecule has 0 aliphatic carbocycles. The maximum Gasteiger partial charge on any atom is 0.197 e. The zero-order valence-electron chi connectivity index (χ0n) is 13.8. The highest BCUT2D eigenvalue weighted by atomic mass is 16.3. The number of phenols is 2. The second-order valence-corrected chi connectivity index (χ2v) is 6.10. The fraction of sp³-hybridized carbons (Fsp3) is 0.0455. The van der Waals surface area contributed by atoms with Crippen LogP contribution >= 0.6 is 0 Å². The van der Waals surface area contributed by atoms with E-state index in [9.17, 15) is 15.0 Å². The Labute approximate surface area is 149 Å². The van der Waals surface area contributed by atoms with Crippen molar-refractivity contribution in [1.82, 2.24) is 0 Å². The summed E-state index contributed by atoms with van der Waals surface area (Å²) in [5.41, 5.74) is 1.78. The van der Waals surface area contributed by atoms with E-state index < -0.39 is 0 Å². The van der Waals surface area contributed by atoms with Crippen molar-refractivity contribution in [3.63, 3.8) is 0 Å². The summed E-state index contributed by atoms with van der Waals surface area (Å²) in [4.78, 5) is 12.6. The van der Waals surface area contributed by atoms with Gasteiger partial charge in [-0.1, -0.05) is 60.7 Å². The fourth-order valence-electron chi connectivity index (χ4n) is 3.05. The first-order valence-corrected chi connectivity index (χ1v) is 8.24. The van der Waals surface area contributed by atoms with E-state index in [0.717, 1.165) is 11.1 Å². The van der Waals surface area contributed by atoms with Crippen molar-refractivity contribution >= 4 is 11.0 Å². The maximum absolute atomic E-state index is 12.6. The molecule has 0 amide bonds. The van der Waals surface area contributed by atoms with Crippen LogP contribution in [0.1, 0.15) is 11.1 Å². The van der Waals surface area contributed by atoms with Crippen molar-refractivity contribution in [2.75, 3.05) is 0 Å². The van der Waals surface area contributed by atoms with Crippen molar-refractivity contribution in [3.05, 3.63) is 94.1 Å². The van der Waals surface area contributed by atoms with Crippen LogP contribution in [0.4, 0.5) is 0 Å². The molecule has 1 heterocycles. The first-order valence-electron chi connectivity index (χ1n) is 8.24. The van der Waals surface area contributed by atoms with Crippen LogP contribution in [0, 0.1) is 0 Å². The number of rotatable bonds is 3. The molecule has 0 saturated carbocycles. The van der Waals surface area contributed by atoms with Gasteiger partial charge in [0.25, 0.3) is 0 Å². The van der Waals surface area contributed by atoms with Gasteiger partial charge in [0.05, 0.1) is 0 Å². The van der Waals surface area contributed by atoms with Gasteiger partial charge >= 0.3 is 0 Å². The molecule has 0 saturated heterocycles. The van der Waals surface area contributed by atoms with Crippen LogP contribution in [0.15, 0.2) is 82.0 Å². The fourth-order valence-corrected chi connectivity index (χ4v) is 3.05. The van der Waals surface area contributed by atoms with Gasteiger partial charge in [0.2, 0.25) is 0 Å². The number of aromatic hydroxyl groups is 2. The van der Waals surface area contributed by atoms with Gasteiger partial charge in [-0.05, 0) is 5.56 Å². The van der Waals surface area contributed by atoms with E-state index in [1.165, 1.54) is 12.1 Å². The molecule has 4 nitrogen and oxygen atoms in total. The van der Waals surface area contributed by atoms with E-state index in [1.807, 2.05) is 60.7 Å². The Bertz CT molecular complexity index is 1130. The molecular formula is C22H16O4. The largest absolute Gasteiger partial charge is 0.507 e. The average Bonchev–Trinajstić information content (AvgIpc) is 2.66. The summed E-state index contributed by atoms with van der Waals surface area (Å²) in [7, 11) is 0. The van der Waals surface area contributed by atoms with Crippen molar-refractivity contribution in [1.29, 1.82) is 0 Å². The number of phenolic OH excluding ortho intramolecular Hbond substituents is 2. The van der Waals surface area contributed by atoms with Crippen molar-refractivity contribution in [2.24, 2.45) is 0 Å². The number of fused-ring (bicyclic) bond motifs is 1. The van der Waals surface area contributed by atoms with Crippen LogP contribution in [0.3, 0.4) is 0 Å². The molecule has 26 heavy (non-hydrogen) atoms. The van der Waals surface area contributed by atoms with Gasteiger partial charge in [-0.25, -0.2) is 0 Å². The molecule has 2 N–H and O–H groups in total. The number of benzene rings is 3. The first kappa shape index (κ1) is 16.0. The summed E-state index contributed by atoms with van der Waals surface area (Å²) in [5, 5.41) is 21.1. The zero-order valence-corrected chi connectivity index (χ0v) is 13.8. The Balaban J connectivity index is 1.88. The van der Waals surface area contributed by atoms with Gasteiger partial charge in [0, 0.05) is 29.7 Å². The lowest BCUT2D eigenvalue weighted by Gasteiger charge is -2.11. The maximum atomic E-state index is 12.6. The topological polar surface area (TPSA) is 70.7 Å². The summed E-state index contributed by atoms with van der Waals surface area (Å²) < 4.78 is 5.78. The minimum absolute atomic E-state index is 0.0772. The van der Waals surface area contributed by atoms with Crippen LogP contribution in [-0.4, -0.2) is 10.2 Å². The molecule has 3 aromatic carbocycles. The highest BCUT2D eigenvalue weighted by Crippen LogP contribution is 2.36. The Hall–Kier alpha value is -3.53. The number of hydrogen-bond donors (Lipinski definition) is 2. The molecule has 0 atom stereocenters. The van der Waals surface area contributed by atoms with Crippen molar-refractivity contribution in [3.8, 4) is 22.8 Å². The lowest BCUT2D eigenvalue weighted by atomic mass is 10.00. The van der Waals surface area contributed by atoms with Crippen LogP contribution in [-0.2, 0) is 6.42 Å². The third-order valence-corrected chi connectivity index (χ3v) is 4.36. The summed E-state index contributed by atoms with van der Waals surface area (Å²) in [5.74, 6) is 0.0436. The van der Waals surface area contributed by atoms with E-state index >= 15 is 0 Å². The highest BCUT2D eigenvalue weighted by molar-refractivity contribution is 5.88. The van der Waals surface area contributed by atoms with Crippen molar-refractivity contribution in [2.45, 2.75) is 6.42 Å². The Morgan fingerprint density at radius 2 is 1.50 bits per heavy atom. The SMILES string of the molecule is O=c1cc(-c2ccccc2)oc2cc(O)c(Cc3ccccc3)c(O)c12. The molecule has 4 aromatic rings. The molecule has 128 valence electrons. The predicted molar refractivity (Wildman–Crippen MR) is 100 cm³/mol. The van der Waals surface area contributed by atoms with E-state index in [-0.39, 0.29) is 27.9 Å². The van der Waals surface area contributed by atoms with E-state index in [4.69, 9.17) is 4.42 Å². The van der Waals surface area contributed by atoms with Gasteiger partial charge < -0.3 is 14.6 Å². The third kappa shape index (κ3) is 2.82. The zero-order chi connectivity index (χ0) is 18.1. The van der Waals surface area contributed by atoms with E-state index in [0.29, 0.717) is 17.7 Å². The van der Waals surface area contributed by atoms with Crippen LogP contribution in [0.2, 0.25) is 0 Å². The summed E-state index contributed by atoms with van der Waals surface area (Å²) >= 11 is 0. The lowest BCUT2D eigenvalue weighted by molar-refractivity contribution is 0.442. The van der Waals surface area contributed by atoms with Crippen LogP contribution < -0.4 is 5.43 Å². The normalized spacial score (nSPS) is 10.9. The van der Waals surface area contributed by atoms with Crippen LogP contribution in [0.25, 0.3) is 22.3 Å². The Morgan fingerprint density at radius 3 is 2.19 bits per heavy atom. The molecule has 0 unspecified atom stereocenters. The molecule has 0 aliphatic heterocycles. The molecule has 4 heteroatoms. The molecule has 0 radical (unpaired) electrons. The minimum atomic E-state index is -0.350. The predicted octanol–water partition coefficient (Wildman–Crippen LogP) is 4.46. The smallest absolute Gasteiger partial charge is 0.197 e. The van der Waals surface area contributed by atoms with Gasteiger partial charge in [-0.2, -0.15) is 0 Å². The van der Waals surface area contributed by atoms with Crippen LogP contribution in [0.5, 0.6) is 11.5 Å². The standard InChI is InChI=1S/C22H16O4/c23-17-12-20-21(22(25)16(17)11-14-7-3-1-4-8-14)18(24)13-19(26-20)15-9-5-2-6-10-15/h1-10,12-13,23,25H,11H2.